The van der Waals surface area contributed by atoms with E-state index in [2.05, 4.69) is 47.8 Å². The van der Waals surface area contributed by atoms with E-state index in [0.717, 1.165) is 30.8 Å². The van der Waals surface area contributed by atoms with Gasteiger partial charge in [0.2, 0.25) is 5.91 Å². The Balaban J connectivity index is 0.00000261. The van der Waals surface area contributed by atoms with Crippen molar-refractivity contribution in [2.45, 2.75) is 51.1 Å². The van der Waals surface area contributed by atoms with Gasteiger partial charge in [0.15, 0.2) is 5.96 Å². The number of nitrogens with zero attached hydrogens (tertiary/aromatic N) is 2. The number of likely N-dealkylation sites (N-methyl/N-ethyl adjacent to an activating group) is 1. The highest BCUT2D eigenvalue weighted by molar-refractivity contribution is 14.0. The molecule has 1 heterocycles. The molecular formula is C20H32IN5O. The first kappa shape index (κ1) is 21.9. The summed E-state index contributed by atoms with van der Waals surface area (Å²) in [6, 6.07) is 9.22. The molecule has 1 aromatic rings. The lowest BCUT2D eigenvalue weighted by molar-refractivity contribution is -0.116. The Labute approximate surface area is 179 Å². The van der Waals surface area contributed by atoms with Gasteiger partial charge < -0.3 is 16.0 Å². The van der Waals surface area contributed by atoms with Crippen LogP contribution in [0, 0.1) is 0 Å². The Hall–Kier alpha value is -1.35. The number of aliphatic imine (C=N–C) groups is 1. The fourth-order valence-electron chi connectivity index (χ4n) is 3.44. The molecule has 0 spiro atoms. The first-order chi connectivity index (χ1) is 12.6. The van der Waals surface area contributed by atoms with Gasteiger partial charge in [-0.2, -0.15) is 0 Å². The zero-order chi connectivity index (χ0) is 18.5. The highest BCUT2D eigenvalue weighted by Gasteiger charge is 2.29. The van der Waals surface area contributed by atoms with Crippen LogP contribution in [0.5, 0.6) is 0 Å². The van der Waals surface area contributed by atoms with Crippen LogP contribution in [0.1, 0.15) is 44.6 Å². The number of rotatable bonds is 7. The highest BCUT2D eigenvalue weighted by Crippen LogP contribution is 2.31. The molecule has 1 amide bonds. The lowest BCUT2D eigenvalue weighted by Gasteiger charge is -2.27. The van der Waals surface area contributed by atoms with E-state index in [0.29, 0.717) is 19.0 Å². The quantitative estimate of drug-likeness (QED) is 0.316. The van der Waals surface area contributed by atoms with Crippen LogP contribution in [0.25, 0.3) is 0 Å². The normalized spacial score (nSPS) is 20.4. The number of carbonyl (C=O) groups is 1. The van der Waals surface area contributed by atoms with Crippen LogP contribution in [-0.2, 0) is 4.79 Å². The molecule has 2 aliphatic rings. The molecule has 6 nitrogen and oxygen atoms in total. The average molecular weight is 485 g/mol. The molecule has 1 saturated carbocycles. The van der Waals surface area contributed by atoms with Gasteiger partial charge in [0.05, 0.1) is 6.54 Å². The summed E-state index contributed by atoms with van der Waals surface area (Å²) in [5.41, 5.74) is 2.12. The smallest absolute Gasteiger partial charge is 0.225 e. The molecule has 150 valence electrons. The fourth-order valence-corrected chi connectivity index (χ4v) is 3.44. The van der Waals surface area contributed by atoms with Gasteiger partial charge in [-0.1, -0.05) is 18.2 Å². The third kappa shape index (κ3) is 6.07. The number of benzene rings is 1. The van der Waals surface area contributed by atoms with Crippen molar-refractivity contribution in [3.05, 3.63) is 29.8 Å². The number of hydrogen-bond acceptors (Lipinski definition) is 3. The molecular weight excluding hydrogens is 453 g/mol. The number of fused-ring (bicyclic) bond motifs is 1. The second kappa shape index (κ2) is 10.3. The first-order valence-corrected chi connectivity index (χ1v) is 9.71. The van der Waals surface area contributed by atoms with Crippen molar-refractivity contribution in [2.75, 3.05) is 32.0 Å². The number of hydrogen-bond donors (Lipinski definition) is 3. The maximum absolute atomic E-state index is 12.0. The van der Waals surface area contributed by atoms with Gasteiger partial charge in [-0.25, -0.2) is 0 Å². The molecule has 7 heteroatoms. The van der Waals surface area contributed by atoms with Crippen LogP contribution in [0.4, 0.5) is 5.69 Å². The molecule has 1 aromatic carbocycles. The molecule has 3 rings (SSSR count). The van der Waals surface area contributed by atoms with E-state index < -0.39 is 0 Å². The van der Waals surface area contributed by atoms with Gasteiger partial charge >= 0.3 is 0 Å². The molecule has 0 bridgehead atoms. The second-order valence-corrected chi connectivity index (χ2v) is 7.38. The second-order valence-electron chi connectivity index (χ2n) is 7.38. The van der Waals surface area contributed by atoms with Crippen molar-refractivity contribution in [2.24, 2.45) is 4.99 Å². The number of anilines is 1. The third-order valence-corrected chi connectivity index (χ3v) is 5.30. The third-order valence-electron chi connectivity index (χ3n) is 5.30. The fraction of sp³-hybridized carbons (Fsp3) is 0.600. The average Bonchev–Trinajstić information content (AvgIpc) is 3.47. The van der Waals surface area contributed by atoms with Gasteiger partial charge in [-0.15, -0.1) is 24.0 Å². The maximum atomic E-state index is 12.0. The van der Waals surface area contributed by atoms with Crippen molar-refractivity contribution in [3.8, 4) is 0 Å². The number of carbonyl (C=O) groups excluding carboxylic acids is 1. The summed E-state index contributed by atoms with van der Waals surface area (Å²) in [5.74, 6) is 1.07. The highest BCUT2D eigenvalue weighted by atomic mass is 127. The van der Waals surface area contributed by atoms with Gasteiger partial charge in [0.25, 0.3) is 0 Å². The molecule has 2 unspecified atom stereocenters. The van der Waals surface area contributed by atoms with E-state index in [-0.39, 0.29) is 35.8 Å². The molecule has 0 radical (unpaired) electrons. The minimum atomic E-state index is 0. The molecule has 1 fully saturated rings. The summed E-state index contributed by atoms with van der Waals surface area (Å²) in [4.78, 5) is 19.2. The Bertz CT molecular complexity index is 662. The molecule has 1 aliphatic carbocycles. The Kier molecular flexibility index (Phi) is 8.34. The van der Waals surface area contributed by atoms with Crippen LogP contribution >= 0.6 is 24.0 Å². The minimum absolute atomic E-state index is 0. The SMILES string of the molecule is CCNC(=NCC(C)N(C)C1CC1)NCC1CC(=O)Nc2ccccc21.I. The van der Waals surface area contributed by atoms with Crippen molar-refractivity contribution in [3.63, 3.8) is 0 Å². The molecule has 2 atom stereocenters. The standard InChI is InChI=1S/C20H31N5O.HI/c1-4-21-20(22-12-14(2)25(3)16-9-10-16)23-13-15-11-19(26)24-18-8-6-5-7-17(15)18;/h5-8,14-16H,4,9-13H2,1-3H3,(H,24,26)(H2,21,22,23);1H. The lowest BCUT2D eigenvalue weighted by Crippen LogP contribution is -2.42. The topological polar surface area (TPSA) is 68.8 Å². The number of amides is 1. The molecule has 27 heavy (non-hydrogen) atoms. The summed E-state index contributed by atoms with van der Waals surface area (Å²) in [6.07, 6.45) is 3.13. The summed E-state index contributed by atoms with van der Waals surface area (Å²) in [5, 5.41) is 9.70. The van der Waals surface area contributed by atoms with Crippen LogP contribution < -0.4 is 16.0 Å². The Morgan fingerprint density at radius 3 is 2.78 bits per heavy atom. The van der Waals surface area contributed by atoms with E-state index in [4.69, 9.17) is 4.99 Å². The summed E-state index contributed by atoms with van der Waals surface area (Å²) in [7, 11) is 2.19. The Morgan fingerprint density at radius 2 is 2.07 bits per heavy atom. The predicted molar refractivity (Wildman–Crippen MR) is 122 cm³/mol. The van der Waals surface area contributed by atoms with E-state index >= 15 is 0 Å². The molecule has 0 aromatic heterocycles. The zero-order valence-corrected chi connectivity index (χ0v) is 18.8. The number of nitrogens with one attached hydrogen (secondary N) is 3. The van der Waals surface area contributed by atoms with E-state index in [9.17, 15) is 4.79 Å². The van der Waals surface area contributed by atoms with Crippen LogP contribution in [0.2, 0.25) is 0 Å². The first-order valence-electron chi connectivity index (χ1n) is 9.71. The van der Waals surface area contributed by atoms with E-state index in [1.807, 2.05) is 18.2 Å². The van der Waals surface area contributed by atoms with E-state index in [1.165, 1.54) is 18.4 Å². The van der Waals surface area contributed by atoms with Crippen LogP contribution in [0.3, 0.4) is 0 Å². The van der Waals surface area contributed by atoms with Gasteiger partial charge in [0, 0.05) is 43.2 Å². The number of halogens is 1. The lowest BCUT2D eigenvalue weighted by atomic mass is 9.90. The molecule has 1 aliphatic heterocycles. The summed E-state index contributed by atoms with van der Waals surface area (Å²) in [6.45, 7) is 6.58. The minimum Gasteiger partial charge on any atom is -0.357 e. The maximum Gasteiger partial charge on any atom is 0.225 e. The number of para-hydroxylation sites is 1. The summed E-state index contributed by atoms with van der Waals surface area (Å²) >= 11 is 0. The van der Waals surface area contributed by atoms with E-state index in [1.54, 1.807) is 0 Å². The van der Waals surface area contributed by atoms with Crippen molar-refractivity contribution in [1.82, 2.24) is 15.5 Å². The van der Waals surface area contributed by atoms with Crippen LogP contribution in [0.15, 0.2) is 29.3 Å². The molecule has 3 N–H and O–H groups in total. The van der Waals surface area contributed by atoms with Gasteiger partial charge in [0.1, 0.15) is 0 Å². The van der Waals surface area contributed by atoms with Crippen molar-refractivity contribution >= 4 is 41.5 Å². The zero-order valence-electron chi connectivity index (χ0n) is 16.5. The Morgan fingerprint density at radius 1 is 1.33 bits per heavy atom. The van der Waals surface area contributed by atoms with Gasteiger partial charge in [-0.05, 0) is 45.4 Å². The van der Waals surface area contributed by atoms with Gasteiger partial charge in [-0.3, -0.25) is 14.7 Å². The summed E-state index contributed by atoms with van der Waals surface area (Å²) < 4.78 is 0. The number of guanidine groups is 1. The largest absolute Gasteiger partial charge is 0.357 e. The molecule has 0 saturated heterocycles. The van der Waals surface area contributed by atoms with Crippen LogP contribution in [-0.4, -0.2) is 55.5 Å². The monoisotopic (exact) mass is 485 g/mol. The van der Waals surface area contributed by atoms with Crippen molar-refractivity contribution < 1.29 is 4.79 Å². The van der Waals surface area contributed by atoms with Crippen molar-refractivity contribution in [1.29, 1.82) is 0 Å². The predicted octanol–water partition coefficient (Wildman–Crippen LogP) is 2.77.